The van der Waals surface area contributed by atoms with Crippen molar-refractivity contribution in [2.75, 3.05) is 13.6 Å². The first kappa shape index (κ1) is 13.4. The molecular formula is C16H23ClN2. The van der Waals surface area contributed by atoms with Gasteiger partial charge in [-0.15, -0.1) is 0 Å². The van der Waals surface area contributed by atoms with Crippen LogP contribution in [0.2, 0.25) is 5.02 Å². The second-order valence-corrected chi connectivity index (χ2v) is 6.59. The summed E-state index contributed by atoms with van der Waals surface area (Å²) in [4.78, 5) is 2.60. The summed E-state index contributed by atoms with van der Waals surface area (Å²) in [6, 6.07) is 9.83. The number of hydrogen-bond acceptors (Lipinski definition) is 2. The van der Waals surface area contributed by atoms with E-state index in [-0.39, 0.29) is 0 Å². The summed E-state index contributed by atoms with van der Waals surface area (Å²) in [7, 11) is 2.30. The molecule has 2 saturated heterocycles. The lowest BCUT2D eigenvalue weighted by molar-refractivity contribution is 0.133. The van der Waals surface area contributed by atoms with Crippen LogP contribution < -0.4 is 5.32 Å². The highest BCUT2D eigenvalue weighted by Gasteiger charge is 2.37. The molecule has 2 aliphatic heterocycles. The summed E-state index contributed by atoms with van der Waals surface area (Å²) in [6.07, 6.45) is 5.56. The minimum atomic E-state index is 0.830. The predicted octanol–water partition coefficient (Wildman–Crippen LogP) is 3.30. The Morgan fingerprint density at radius 2 is 2.00 bits per heavy atom. The maximum atomic E-state index is 6.00. The molecule has 0 spiro atoms. The zero-order valence-corrected chi connectivity index (χ0v) is 12.4. The Morgan fingerprint density at radius 3 is 2.68 bits per heavy atom. The number of benzene rings is 1. The molecule has 2 aliphatic rings. The van der Waals surface area contributed by atoms with Gasteiger partial charge >= 0.3 is 0 Å². The van der Waals surface area contributed by atoms with Crippen LogP contribution in [-0.4, -0.2) is 30.6 Å². The normalized spacial score (nSPS) is 30.7. The molecule has 19 heavy (non-hydrogen) atoms. The molecule has 3 rings (SSSR count). The predicted molar refractivity (Wildman–Crippen MR) is 80.5 cm³/mol. The summed E-state index contributed by atoms with van der Waals surface area (Å²) in [5.41, 5.74) is 1.28. The van der Waals surface area contributed by atoms with Crippen molar-refractivity contribution in [3.8, 4) is 0 Å². The lowest BCUT2D eigenvalue weighted by Crippen LogP contribution is -2.42. The molecule has 2 unspecified atom stereocenters. The Labute approximate surface area is 121 Å². The summed E-state index contributed by atoms with van der Waals surface area (Å²) in [5, 5.41) is 4.44. The Morgan fingerprint density at radius 1 is 1.26 bits per heavy atom. The fourth-order valence-electron chi connectivity index (χ4n) is 3.76. The topological polar surface area (TPSA) is 15.3 Å². The van der Waals surface area contributed by atoms with E-state index in [0.29, 0.717) is 0 Å². The molecule has 1 aromatic carbocycles. The van der Waals surface area contributed by atoms with Crippen molar-refractivity contribution in [3.63, 3.8) is 0 Å². The maximum absolute atomic E-state index is 6.00. The first-order chi connectivity index (χ1) is 9.22. The maximum Gasteiger partial charge on any atom is 0.0409 e. The van der Waals surface area contributed by atoms with E-state index >= 15 is 0 Å². The van der Waals surface area contributed by atoms with Crippen molar-refractivity contribution in [1.29, 1.82) is 0 Å². The minimum Gasteiger partial charge on any atom is -0.312 e. The van der Waals surface area contributed by atoms with Crippen LogP contribution >= 0.6 is 11.6 Å². The third-order valence-corrected chi connectivity index (χ3v) is 5.08. The van der Waals surface area contributed by atoms with Gasteiger partial charge in [0.05, 0.1) is 0 Å². The Hall–Kier alpha value is -0.570. The smallest absolute Gasteiger partial charge is 0.0409 e. The van der Waals surface area contributed by atoms with Crippen molar-refractivity contribution in [1.82, 2.24) is 10.2 Å². The third kappa shape index (κ3) is 3.13. The fraction of sp³-hybridized carbons (Fsp3) is 0.625. The number of nitrogens with zero attached hydrogens (tertiary/aromatic N) is 1. The molecule has 1 aromatic rings. The third-order valence-electron chi connectivity index (χ3n) is 4.85. The van der Waals surface area contributed by atoms with Crippen LogP contribution in [0, 0.1) is 5.92 Å². The van der Waals surface area contributed by atoms with Crippen LogP contribution in [0.3, 0.4) is 0 Å². The monoisotopic (exact) mass is 278 g/mol. The number of nitrogens with one attached hydrogen (secondary N) is 1. The molecule has 0 aliphatic carbocycles. The van der Waals surface area contributed by atoms with E-state index in [1.54, 1.807) is 0 Å². The molecule has 2 fully saturated rings. The van der Waals surface area contributed by atoms with E-state index in [1.807, 2.05) is 18.2 Å². The molecule has 104 valence electrons. The van der Waals surface area contributed by atoms with E-state index in [4.69, 9.17) is 11.6 Å². The van der Waals surface area contributed by atoms with Gasteiger partial charge in [0.2, 0.25) is 0 Å². The quantitative estimate of drug-likeness (QED) is 0.909. The van der Waals surface area contributed by atoms with Gasteiger partial charge in [-0.25, -0.2) is 0 Å². The van der Waals surface area contributed by atoms with E-state index in [9.17, 15) is 0 Å². The standard InChI is InChI=1S/C16H23ClN2/c1-19-15-5-6-16(19)9-13(8-15)11-18-10-12-3-2-4-14(17)7-12/h2-4,7,13,15-16,18H,5-6,8-11H2,1H3. The van der Waals surface area contributed by atoms with Crippen LogP contribution in [0.15, 0.2) is 24.3 Å². The molecular weight excluding hydrogens is 256 g/mol. The van der Waals surface area contributed by atoms with E-state index < -0.39 is 0 Å². The molecule has 2 nitrogen and oxygen atoms in total. The van der Waals surface area contributed by atoms with Gasteiger partial charge in [-0.1, -0.05) is 23.7 Å². The van der Waals surface area contributed by atoms with Crippen molar-refractivity contribution in [2.24, 2.45) is 5.92 Å². The summed E-state index contributed by atoms with van der Waals surface area (Å²) in [5.74, 6) is 0.855. The van der Waals surface area contributed by atoms with Crippen LogP contribution in [-0.2, 0) is 6.54 Å². The molecule has 2 atom stereocenters. The number of piperidine rings is 1. The van der Waals surface area contributed by atoms with Crippen LogP contribution in [0.5, 0.6) is 0 Å². The average molecular weight is 279 g/mol. The lowest BCUT2D eigenvalue weighted by atomic mass is 9.91. The van der Waals surface area contributed by atoms with Crippen LogP contribution in [0.1, 0.15) is 31.2 Å². The van der Waals surface area contributed by atoms with Crippen molar-refractivity contribution in [3.05, 3.63) is 34.9 Å². The highest BCUT2D eigenvalue weighted by Crippen LogP contribution is 2.36. The number of hydrogen-bond donors (Lipinski definition) is 1. The summed E-state index contributed by atoms with van der Waals surface area (Å²) in [6.45, 7) is 2.08. The van der Waals surface area contributed by atoms with Crippen molar-refractivity contribution >= 4 is 11.6 Å². The number of halogens is 1. The molecule has 2 bridgehead atoms. The Bertz CT molecular complexity index is 421. The number of fused-ring (bicyclic) bond motifs is 2. The van der Waals surface area contributed by atoms with Gasteiger partial charge in [0.25, 0.3) is 0 Å². The minimum absolute atomic E-state index is 0.830. The SMILES string of the molecule is CN1C2CCC1CC(CNCc1cccc(Cl)c1)C2. The van der Waals surface area contributed by atoms with Crippen LogP contribution in [0.25, 0.3) is 0 Å². The molecule has 0 radical (unpaired) electrons. The molecule has 1 N–H and O–H groups in total. The molecule has 0 saturated carbocycles. The molecule has 0 aromatic heterocycles. The zero-order chi connectivity index (χ0) is 13.2. The van der Waals surface area contributed by atoms with Crippen molar-refractivity contribution in [2.45, 2.75) is 44.3 Å². The summed E-state index contributed by atoms with van der Waals surface area (Å²) < 4.78 is 0. The van der Waals surface area contributed by atoms with Crippen LogP contribution in [0.4, 0.5) is 0 Å². The Kier molecular flexibility index (Phi) is 4.11. The van der Waals surface area contributed by atoms with Gasteiger partial charge in [0, 0.05) is 23.7 Å². The van der Waals surface area contributed by atoms with E-state index in [2.05, 4.69) is 23.3 Å². The van der Waals surface area contributed by atoms with Gasteiger partial charge in [-0.2, -0.15) is 0 Å². The second-order valence-electron chi connectivity index (χ2n) is 6.15. The van der Waals surface area contributed by atoms with Gasteiger partial charge in [-0.05, 0) is 62.9 Å². The summed E-state index contributed by atoms with van der Waals surface area (Å²) >= 11 is 6.00. The largest absolute Gasteiger partial charge is 0.312 e. The molecule has 0 amide bonds. The van der Waals surface area contributed by atoms with Gasteiger partial charge < -0.3 is 10.2 Å². The van der Waals surface area contributed by atoms with E-state index in [0.717, 1.165) is 36.1 Å². The Balaban J connectivity index is 1.46. The van der Waals surface area contributed by atoms with Gasteiger partial charge in [0.1, 0.15) is 0 Å². The van der Waals surface area contributed by atoms with E-state index in [1.165, 1.54) is 31.2 Å². The zero-order valence-electron chi connectivity index (χ0n) is 11.6. The first-order valence-electron chi connectivity index (χ1n) is 7.39. The van der Waals surface area contributed by atoms with Gasteiger partial charge in [0.15, 0.2) is 0 Å². The average Bonchev–Trinajstić information content (AvgIpc) is 2.63. The highest BCUT2D eigenvalue weighted by molar-refractivity contribution is 6.30. The first-order valence-corrected chi connectivity index (χ1v) is 7.77. The van der Waals surface area contributed by atoms with Gasteiger partial charge in [-0.3, -0.25) is 0 Å². The fourth-order valence-corrected chi connectivity index (χ4v) is 3.97. The second kappa shape index (κ2) is 5.82. The molecule has 3 heteroatoms. The lowest BCUT2D eigenvalue weighted by Gasteiger charge is -2.36. The van der Waals surface area contributed by atoms with Crippen molar-refractivity contribution < 1.29 is 0 Å². The number of rotatable bonds is 4. The highest BCUT2D eigenvalue weighted by atomic mass is 35.5. The molecule has 2 heterocycles.